The molecule has 0 aliphatic carbocycles. The second-order valence-electron chi connectivity index (χ2n) is 5.66. The summed E-state index contributed by atoms with van der Waals surface area (Å²) in [6, 6.07) is 4.17. The van der Waals surface area contributed by atoms with Gasteiger partial charge in [0.05, 0.1) is 6.61 Å². The molecule has 0 atom stereocenters. The fourth-order valence-electron chi connectivity index (χ4n) is 2.73. The Bertz CT molecular complexity index is 434. The van der Waals surface area contributed by atoms with Crippen LogP contribution in [-0.2, 0) is 11.3 Å². The van der Waals surface area contributed by atoms with Crippen molar-refractivity contribution in [1.82, 2.24) is 10.2 Å². The molecule has 2 rings (SSSR count). The van der Waals surface area contributed by atoms with Crippen molar-refractivity contribution in [3.8, 4) is 0 Å². The second kappa shape index (κ2) is 8.41. The first-order valence-corrected chi connectivity index (χ1v) is 7.55. The largest absolute Gasteiger partial charge is 0.383 e. The number of rotatable bonds is 7. The highest BCUT2D eigenvalue weighted by Gasteiger charge is 2.19. The van der Waals surface area contributed by atoms with Crippen molar-refractivity contribution in [3.63, 3.8) is 0 Å². The number of likely N-dealkylation sites (tertiary alicyclic amines) is 1. The summed E-state index contributed by atoms with van der Waals surface area (Å²) in [5.41, 5.74) is 0.838. The van der Waals surface area contributed by atoms with E-state index in [2.05, 4.69) is 10.2 Å². The number of piperidine rings is 1. The maximum Gasteiger partial charge on any atom is 0.159 e. The number of halogens is 2. The summed E-state index contributed by atoms with van der Waals surface area (Å²) in [4.78, 5) is 2.30. The molecule has 0 saturated carbocycles. The average molecular weight is 298 g/mol. The molecule has 1 heterocycles. The van der Waals surface area contributed by atoms with Gasteiger partial charge < -0.3 is 10.1 Å². The number of nitrogens with one attached hydrogen (secondary N) is 1. The molecule has 0 amide bonds. The Morgan fingerprint density at radius 1 is 1.24 bits per heavy atom. The molecule has 1 aromatic rings. The molecule has 3 nitrogen and oxygen atoms in total. The van der Waals surface area contributed by atoms with Crippen LogP contribution in [-0.4, -0.2) is 44.8 Å². The fraction of sp³-hybridized carbons (Fsp3) is 0.625. The van der Waals surface area contributed by atoms with E-state index in [1.807, 2.05) is 0 Å². The van der Waals surface area contributed by atoms with Crippen LogP contribution in [0.1, 0.15) is 18.4 Å². The summed E-state index contributed by atoms with van der Waals surface area (Å²) < 4.78 is 31.1. The lowest BCUT2D eigenvalue weighted by Gasteiger charge is -2.32. The quantitative estimate of drug-likeness (QED) is 0.782. The van der Waals surface area contributed by atoms with E-state index in [9.17, 15) is 8.78 Å². The topological polar surface area (TPSA) is 24.5 Å². The van der Waals surface area contributed by atoms with Crippen LogP contribution in [0.15, 0.2) is 18.2 Å². The van der Waals surface area contributed by atoms with Crippen molar-refractivity contribution in [1.29, 1.82) is 0 Å². The molecule has 1 saturated heterocycles. The Balaban J connectivity index is 1.70. The van der Waals surface area contributed by atoms with E-state index in [-0.39, 0.29) is 0 Å². The van der Waals surface area contributed by atoms with Gasteiger partial charge in [0.1, 0.15) is 0 Å². The zero-order valence-electron chi connectivity index (χ0n) is 12.6. The third kappa shape index (κ3) is 5.34. The number of hydrogen-bond acceptors (Lipinski definition) is 3. The molecule has 1 aliphatic heterocycles. The van der Waals surface area contributed by atoms with Crippen LogP contribution < -0.4 is 5.32 Å². The highest BCUT2D eigenvalue weighted by molar-refractivity contribution is 5.17. The van der Waals surface area contributed by atoms with Gasteiger partial charge in [-0.1, -0.05) is 6.07 Å². The smallest absolute Gasteiger partial charge is 0.159 e. The van der Waals surface area contributed by atoms with Crippen molar-refractivity contribution in [3.05, 3.63) is 35.4 Å². The predicted molar refractivity (Wildman–Crippen MR) is 79.1 cm³/mol. The number of benzene rings is 1. The predicted octanol–water partition coefficient (Wildman–Crippen LogP) is 2.41. The van der Waals surface area contributed by atoms with E-state index in [4.69, 9.17) is 4.74 Å². The van der Waals surface area contributed by atoms with E-state index in [0.29, 0.717) is 12.5 Å². The van der Waals surface area contributed by atoms with Crippen LogP contribution >= 0.6 is 0 Å². The number of ether oxygens (including phenoxy) is 1. The Labute approximate surface area is 125 Å². The van der Waals surface area contributed by atoms with Gasteiger partial charge in [-0.15, -0.1) is 0 Å². The van der Waals surface area contributed by atoms with Gasteiger partial charge in [0.2, 0.25) is 0 Å². The second-order valence-corrected chi connectivity index (χ2v) is 5.66. The van der Waals surface area contributed by atoms with Gasteiger partial charge in [-0.3, -0.25) is 4.90 Å². The normalized spacial score (nSPS) is 17.3. The van der Waals surface area contributed by atoms with Gasteiger partial charge in [-0.05, 0) is 56.1 Å². The summed E-state index contributed by atoms with van der Waals surface area (Å²) in [7, 11) is 1.71. The maximum atomic E-state index is 13.2. The Morgan fingerprint density at radius 3 is 2.67 bits per heavy atom. The molecule has 1 fully saturated rings. The zero-order chi connectivity index (χ0) is 15.1. The summed E-state index contributed by atoms with van der Waals surface area (Å²) in [5, 5.41) is 3.40. The van der Waals surface area contributed by atoms with Crippen LogP contribution in [0.5, 0.6) is 0 Å². The Kier molecular flexibility index (Phi) is 6.54. The molecule has 0 radical (unpaired) electrons. The molecule has 1 N–H and O–H groups in total. The third-order valence-electron chi connectivity index (χ3n) is 4.01. The zero-order valence-corrected chi connectivity index (χ0v) is 12.6. The van der Waals surface area contributed by atoms with Gasteiger partial charge in [-0.25, -0.2) is 8.78 Å². The first-order chi connectivity index (χ1) is 10.2. The molecule has 1 aromatic carbocycles. The monoisotopic (exact) mass is 298 g/mol. The lowest BCUT2D eigenvalue weighted by atomic mass is 9.96. The minimum Gasteiger partial charge on any atom is -0.383 e. The molecule has 0 spiro atoms. The first-order valence-electron chi connectivity index (χ1n) is 7.55. The first kappa shape index (κ1) is 16.3. The Morgan fingerprint density at radius 2 is 2.00 bits per heavy atom. The molecule has 1 aliphatic rings. The van der Waals surface area contributed by atoms with Crippen LogP contribution in [0.25, 0.3) is 0 Å². The van der Waals surface area contributed by atoms with Crippen molar-refractivity contribution >= 4 is 0 Å². The summed E-state index contributed by atoms with van der Waals surface area (Å²) in [5.74, 6) is -0.840. The van der Waals surface area contributed by atoms with Gasteiger partial charge in [0.25, 0.3) is 0 Å². The highest BCUT2D eigenvalue weighted by Crippen LogP contribution is 2.19. The van der Waals surface area contributed by atoms with Gasteiger partial charge in [0, 0.05) is 20.2 Å². The van der Waals surface area contributed by atoms with E-state index in [1.54, 1.807) is 13.2 Å². The van der Waals surface area contributed by atoms with Crippen LogP contribution in [0.4, 0.5) is 8.78 Å². The molecule has 118 valence electrons. The molecular formula is C16H24F2N2O. The maximum absolute atomic E-state index is 13.2. The van der Waals surface area contributed by atoms with Crippen LogP contribution in [0, 0.1) is 17.6 Å². The standard InChI is InChI=1S/C16H24F2N2O/c1-21-9-6-19-11-13-4-7-20(8-5-13)12-14-2-3-15(17)16(18)10-14/h2-3,10,13,19H,4-9,11-12H2,1H3. The number of hydrogen-bond donors (Lipinski definition) is 1. The van der Waals surface area contributed by atoms with E-state index in [1.165, 1.54) is 12.1 Å². The molecule has 5 heteroatoms. The van der Waals surface area contributed by atoms with Gasteiger partial charge in [0.15, 0.2) is 11.6 Å². The van der Waals surface area contributed by atoms with Gasteiger partial charge in [-0.2, -0.15) is 0 Å². The number of nitrogens with zero attached hydrogens (tertiary/aromatic N) is 1. The van der Waals surface area contributed by atoms with Crippen LogP contribution in [0.3, 0.4) is 0 Å². The number of methoxy groups -OCH3 is 1. The molecular weight excluding hydrogens is 274 g/mol. The van der Waals surface area contributed by atoms with E-state index in [0.717, 1.165) is 51.2 Å². The highest BCUT2D eigenvalue weighted by atomic mass is 19.2. The van der Waals surface area contributed by atoms with Crippen molar-refractivity contribution in [2.45, 2.75) is 19.4 Å². The van der Waals surface area contributed by atoms with Crippen LogP contribution in [0.2, 0.25) is 0 Å². The van der Waals surface area contributed by atoms with Crippen molar-refractivity contribution < 1.29 is 13.5 Å². The summed E-state index contributed by atoms with van der Waals surface area (Å²) in [6.07, 6.45) is 2.29. The SMILES string of the molecule is COCCNCC1CCN(Cc2ccc(F)c(F)c2)CC1. The lowest BCUT2D eigenvalue weighted by molar-refractivity contribution is 0.168. The molecule has 0 unspecified atom stereocenters. The van der Waals surface area contributed by atoms with E-state index < -0.39 is 11.6 Å². The van der Waals surface area contributed by atoms with Crippen molar-refractivity contribution in [2.75, 3.05) is 39.9 Å². The summed E-state index contributed by atoms with van der Waals surface area (Å²) >= 11 is 0. The molecule has 0 aromatic heterocycles. The lowest BCUT2D eigenvalue weighted by Crippen LogP contribution is -2.37. The third-order valence-corrected chi connectivity index (χ3v) is 4.01. The minimum absolute atomic E-state index is 0.695. The Hall–Kier alpha value is -1.04. The average Bonchev–Trinajstić information content (AvgIpc) is 2.49. The molecule has 21 heavy (non-hydrogen) atoms. The van der Waals surface area contributed by atoms with Gasteiger partial charge >= 0.3 is 0 Å². The summed E-state index contributed by atoms with van der Waals surface area (Å²) in [6.45, 7) is 5.38. The molecule has 0 bridgehead atoms. The van der Waals surface area contributed by atoms with Crippen molar-refractivity contribution in [2.24, 2.45) is 5.92 Å². The fourth-order valence-corrected chi connectivity index (χ4v) is 2.73. The minimum atomic E-state index is -0.778. The van der Waals surface area contributed by atoms with E-state index >= 15 is 0 Å².